The highest BCUT2D eigenvalue weighted by molar-refractivity contribution is 9.10. The second kappa shape index (κ2) is 6.00. The number of nitrogens with zero attached hydrogens (tertiary/aromatic N) is 1. The van der Waals surface area contributed by atoms with Gasteiger partial charge in [0.1, 0.15) is 23.0 Å². The molecule has 0 fully saturated rings. The standard InChI is InChI=1S/C19H10BrFN2O3/c20-13-7-9(21)5-6-10(13)15-12(8-22)18(23)26-17-11-3-1-2-4-14(11)25-19(24)16(15)17/h1-7,15H,23H2/t15-/m1/s1. The van der Waals surface area contributed by atoms with Crippen LogP contribution in [0.15, 0.2) is 67.6 Å². The molecule has 2 aromatic carbocycles. The number of nitrogens with two attached hydrogens (primary N) is 1. The predicted molar refractivity (Wildman–Crippen MR) is 95.9 cm³/mol. The predicted octanol–water partition coefficient (Wildman–Crippen LogP) is 3.91. The van der Waals surface area contributed by atoms with Gasteiger partial charge in [0.15, 0.2) is 5.75 Å². The summed E-state index contributed by atoms with van der Waals surface area (Å²) in [6, 6.07) is 12.9. The van der Waals surface area contributed by atoms with Crippen LogP contribution in [0.4, 0.5) is 4.39 Å². The number of hydrogen-bond donors (Lipinski definition) is 1. The van der Waals surface area contributed by atoms with E-state index in [0.717, 1.165) is 0 Å². The zero-order valence-electron chi connectivity index (χ0n) is 13.1. The summed E-state index contributed by atoms with van der Waals surface area (Å²) >= 11 is 3.30. The highest BCUT2D eigenvalue weighted by atomic mass is 79.9. The van der Waals surface area contributed by atoms with E-state index in [9.17, 15) is 14.4 Å². The van der Waals surface area contributed by atoms with Crippen molar-refractivity contribution in [1.29, 1.82) is 5.26 Å². The number of nitriles is 1. The molecular formula is C19H10BrFN2O3. The van der Waals surface area contributed by atoms with Gasteiger partial charge in [0, 0.05) is 4.47 Å². The second-order valence-electron chi connectivity index (χ2n) is 5.72. The summed E-state index contributed by atoms with van der Waals surface area (Å²) in [5, 5.41) is 10.1. The summed E-state index contributed by atoms with van der Waals surface area (Å²) in [4.78, 5) is 12.7. The van der Waals surface area contributed by atoms with Crippen molar-refractivity contribution in [2.75, 3.05) is 0 Å². The van der Waals surface area contributed by atoms with Crippen LogP contribution in [0.3, 0.4) is 0 Å². The van der Waals surface area contributed by atoms with E-state index < -0.39 is 17.4 Å². The molecule has 7 heteroatoms. The summed E-state index contributed by atoms with van der Waals surface area (Å²) in [6.45, 7) is 0. The fraction of sp³-hybridized carbons (Fsp3) is 0.0526. The topological polar surface area (TPSA) is 89.3 Å². The minimum absolute atomic E-state index is 0.0624. The van der Waals surface area contributed by atoms with Crippen LogP contribution in [0.1, 0.15) is 17.0 Å². The molecule has 0 unspecified atom stereocenters. The number of ether oxygens (including phenoxy) is 1. The molecule has 1 atom stereocenters. The van der Waals surface area contributed by atoms with E-state index in [1.54, 1.807) is 24.3 Å². The first-order chi connectivity index (χ1) is 12.5. The minimum atomic E-state index is -0.834. The van der Waals surface area contributed by atoms with Gasteiger partial charge in [-0.3, -0.25) is 0 Å². The first-order valence-corrected chi connectivity index (χ1v) is 8.39. The molecule has 0 bridgehead atoms. The summed E-state index contributed by atoms with van der Waals surface area (Å²) in [7, 11) is 0. The third kappa shape index (κ3) is 2.38. The molecule has 26 heavy (non-hydrogen) atoms. The Hall–Kier alpha value is -3.11. The van der Waals surface area contributed by atoms with Gasteiger partial charge in [-0.2, -0.15) is 5.26 Å². The summed E-state index contributed by atoms with van der Waals surface area (Å²) in [5.74, 6) is -1.14. The third-order valence-electron chi connectivity index (χ3n) is 4.25. The van der Waals surface area contributed by atoms with Crippen molar-refractivity contribution in [3.05, 3.63) is 85.8 Å². The van der Waals surface area contributed by atoms with Gasteiger partial charge < -0.3 is 14.9 Å². The van der Waals surface area contributed by atoms with Crippen LogP contribution in [0.2, 0.25) is 0 Å². The number of hydrogen-bond acceptors (Lipinski definition) is 5. The van der Waals surface area contributed by atoms with Gasteiger partial charge >= 0.3 is 5.63 Å². The first kappa shape index (κ1) is 16.4. The highest BCUT2D eigenvalue weighted by Gasteiger charge is 2.36. The summed E-state index contributed by atoms with van der Waals surface area (Å²) in [5.41, 5.74) is 6.40. The second-order valence-corrected chi connectivity index (χ2v) is 6.57. The Labute approximate surface area is 155 Å². The van der Waals surface area contributed by atoms with Gasteiger partial charge in [-0.05, 0) is 29.8 Å². The molecule has 4 rings (SSSR count). The Kier molecular flexibility index (Phi) is 3.78. The molecule has 0 saturated carbocycles. The van der Waals surface area contributed by atoms with Gasteiger partial charge in [0.05, 0.1) is 16.9 Å². The fourth-order valence-electron chi connectivity index (χ4n) is 3.11. The zero-order valence-corrected chi connectivity index (χ0v) is 14.7. The molecule has 1 aliphatic heterocycles. The van der Waals surface area contributed by atoms with Crippen molar-refractivity contribution in [3.8, 4) is 11.8 Å². The average Bonchev–Trinajstić information content (AvgIpc) is 2.61. The normalized spacial score (nSPS) is 16.1. The van der Waals surface area contributed by atoms with Crippen LogP contribution in [-0.2, 0) is 0 Å². The Morgan fingerprint density at radius 1 is 1.23 bits per heavy atom. The lowest BCUT2D eigenvalue weighted by Gasteiger charge is -2.26. The Bertz CT molecular complexity index is 1190. The molecule has 2 heterocycles. The number of para-hydroxylation sites is 1. The average molecular weight is 413 g/mol. The molecule has 0 radical (unpaired) electrons. The van der Waals surface area contributed by atoms with Crippen molar-refractivity contribution in [1.82, 2.24) is 0 Å². The molecule has 1 aromatic heterocycles. The van der Waals surface area contributed by atoms with Crippen LogP contribution in [0.5, 0.6) is 5.75 Å². The third-order valence-corrected chi connectivity index (χ3v) is 4.93. The van der Waals surface area contributed by atoms with Crippen molar-refractivity contribution < 1.29 is 13.5 Å². The summed E-state index contributed by atoms with van der Waals surface area (Å²) < 4.78 is 25.0. The van der Waals surface area contributed by atoms with Gasteiger partial charge in [0.2, 0.25) is 5.88 Å². The quantitative estimate of drug-likeness (QED) is 0.611. The molecule has 0 amide bonds. The van der Waals surface area contributed by atoms with Crippen molar-refractivity contribution in [3.63, 3.8) is 0 Å². The smallest absolute Gasteiger partial charge is 0.344 e. The Morgan fingerprint density at radius 2 is 2.00 bits per heavy atom. The van der Waals surface area contributed by atoms with Crippen LogP contribution in [0, 0.1) is 17.1 Å². The monoisotopic (exact) mass is 412 g/mol. The lowest BCUT2D eigenvalue weighted by Crippen LogP contribution is -2.26. The SMILES string of the molecule is N#CC1=C(N)Oc2c(c(=O)oc3ccccc23)[C@@H]1c1ccc(F)cc1Br. The van der Waals surface area contributed by atoms with Crippen LogP contribution >= 0.6 is 15.9 Å². The Morgan fingerprint density at radius 3 is 2.73 bits per heavy atom. The number of rotatable bonds is 1. The Balaban J connectivity index is 2.10. The van der Waals surface area contributed by atoms with E-state index >= 15 is 0 Å². The molecule has 2 N–H and O–H groups in total. The molecule has 3 aromatic rings. The van der Waals surface area contributed by atoms with E-state index in [-0.39, 0.29) is 22.8 Å². The lowest BCUT2D eigenvalue weighted by atomic mass is 9.84. The first-order valence-electron chi connectivity index (χ1n) is 7.59. The number of allylic oxidation sites excluding steroid dienone is 1. The van der Waals surface area contributed by atoms with Crippen molar-refractivity contribution >= 4 is 26.9 Å². The van der Waals surface area contributed by atoms with E-state index in [0.29, 0.717) is 21.0 Å². The molecule has 128 valence electrons. The molecule has 0 spiro atoms. The van der Waals surface area contributed by atoms with E-state index in [2.05, 4.69) is 15.9 Å². The fourth-order valence-corrected chi connectivity index (χ4v) is 3.69. The van der Waals surface area contributed by atoms with Gasteiger partial charge in [0.25, 0.3) is 0 Å². The lowest BCUT2D eigenvalue weighted by molar-refractivity contribution is 0.388. The summed E-state index contributed by atoms with van der Waals surface area (Å²) in [6.07, 6.45) is 0. The van der Waals surface area contributed by atoms with E-state index in [1.165, 1.54) is 18.2 Å². The van der Waals surface area contributed by atoms with Crippen molar-refractivity contribution in [2.45, 2.75) is 5.92 Å². The molecule has 5 nitrogen and oxygen atoms in total. The van der Waals surface area contributed by atoms with Gasteiger partial charge in [-0.1, -0.05) is 34.1 Å². The number of halogens is 2. The van der Waals surface area contributed by atoms with E-state index in [4.69, 9.17) is 14.9 Å². The minimum Gasteiger partial charge on any atom is -0.439 e. The van der Waals surface area contributed by atoms with Gasteiger partial charge in [-0.25, -0.2) is 9.18 Å². The number of fused-ring (bicyclic) bond motifs is 3. The maximum absolute atomic E-state index is 13.5. The largest absolute Gasteiger partial charge is 0.439 e. The molecule has 0 aliphatic carbocycles. The maximum atomic E-state index is 13.5. The number of benzene rings is 2. The van der Waals surface area contributed by atoms with Crippen LogP contribution in [-0.4, -0.2) is 0 Å². The van der Waals surface area contributed by atoms with Gasteiger partial charge in [-0.15, -0.1) is 0 Å². The zero-order chi connectivity index (χ0) is 18.4. The molecule has 0 saturated heterocycles. The molecular weight excluding hydrogens is 403 g/mol. The molecule has 1 aliphatic rings. The van der Waals surface area contributed by atoms with Crippen LogP contribution < -0.4 is 16.1 Å². The van der Waals surface area contributed by atoms with E-state index in [1.807, 2.05) is 6.07 Å². The highest BCUT2D eigenvalue weighted by Crippen LogP contribution is 2.45. The van der Waals surface area contributed by atoms with Crippen LogP contribution in [0.25, 0.3) is 11.0 Å². The van der Waals surface area contributed by atoms with Crippen molar-refractivity contribution in [2.24, 2.45) is 5.73 Å². The maximum Gasteiger partial charge on any atom is 0.344 e.